The lowest BCUT2D eigenvalue weighted by Crippen LogP contribution is -2.09. The second-order valence-corrected chi connectivity index (χ2v) is 13.5. The van der Waals surface area contributed by atoms with Crippen LogP contribution >= 0.6 is 22.7 Å². The van der Waals surface area contributed by atoms with Crippen molar-refractivity contribution in [1.82, 2.24) is 0 Å². The van der Waals surface area contributed by atoms with E-state index in [4.69, 9.17) is 0 Å². The summed E-state index contributed by atoms with van der Waals surface area (Å²) in [7, 11) is 0. The Balaban J connectivity index is 1.07. The lowest BCUT2D eigenvalue weighted by Gasteiger charge is -2.26. The van der Waals surface area contributed by atoms with Crippen molar-refractivity contribution in [2.24, 2.45) is 0 Å². The van der Waals surface area contributed by atoms with Gasteiger partial charge in [0.1, 0.15) is 0 Å². The molecule has 2 heterocycles. The maximum atomic E-state index is 2.35. The Bertz CT molecular complexity index is 2470. The molecular weight excluding hydrogens is 583 g/mol. The number of hydrogen-bond donors (Lipinski definition) is 0. The summed E-state index contributed by atoms with van der Waals surface area (Å²) < 4.78 is 5.33. The first-order chi connectivity index (χ1) is 22.3. The monoisotopic (exact) mass is 609 g/mol. The van der Waals surface area contributed by atoms with Gasteiger partial charge in [-0.15, -0.1) is 22.7 Å². The SMILES string of the molecule is c1ccc(N(c2ccc(-c3ccc(-c4cccc5c4sc4ccccc45)cc3)cc2)c2ccc3sc4ccccc4c3c2)cc1. The van der Waals surface area contributed by atoms with E-state index >= 15 is 0 Å². The molecular formula is C42H27NS2. The van der Waals surface area contributed by atoms with Gasteiger partial charge in [-0.2, -0.15) is 0 Å². The molecule has 1 nitrogen and oxygen atoms in total. The predicted octanol–water partition coefficient (Wildman–Crippen LogP) is 13.2. The van der Waals surface area contributed by atoms with Gasteiger partial charge < -0.3 is 4.90 Å². The molecule has 0 unspecified atom stereocenters. The summed E-state index contributed by atoms with van der Waals surface area (Å²) in [5, 5.41) is 5.29. The maximum absolute atomic E-state index is 2.35. The highest BCUT2D eigenvalue weighted by Crippen LogP contribution is 2.42. The van der Waals surface area contributed by atoms with Crippen LogP contribution in [0.2, 0.25) is 0 Å². The molecule has 0 saturated heterocycles. The van der Waals surface area contributed by atoms with Crippen LogP contribution in [0, 0.1) is 0 Å². The number of anilines is 3. The maximum Gasteiger partial charge on any atom is 0.0468 e. The summed E-state index contributed by atoms with van der Waals surface area (Å²) in [6, 6.07) is 59.6. The van der Waals surface area contributed by atoms with E-state index in [-0.39, 0.29) is 0 Å². The second kappa shape index (κ2) is 10.7. The molecule has 0 amide bonds. The van der Waals surface area contributed by atoms with E-state index in [1.54, 1.807) is 0 Å². The van der Waals surface area contributed by atoms with Crippen LogP contribution in [0.3, 0.4) is 0 Å². The standard InChI is InChI=1S/C42H27NS2/c1-2-9-31(10-3-1)43(33-25-26-41-38(27-33)36-12-5-6-15-39(36)44-41)32-23-21-29(22-24-32)28-17-19-30(20-18-28)34-13-8-14-37-35-11-4-7-16-40(35)45-42(34)37/h1-27H. The zero-order valence-electron chi connectivity index (χ0n) is 24.4. The Hall–Kier alpha value is -5.22. The third-order valence-electron chi connectivity index (χ3n) is 8.69. The van der Waals surface area contributed by atoms with Crippen molar-refractivity contribution in [3.8, 4) is 22.3 Å². The summed E-state index contributed by atoms with van der Waals surface area (Å²) in [6.07, 6.45) is 0. The first-order valence-electron chi connectivity index (χ1n) is 15.2. The van der Waals surface area contributed by atoms with Crippen molar-refractivity contribution in [3.63, 3.8) is 0 Å². The molecule has 9 aromatic rings. The topological polar surface area (TPSA) is 3.24 Å². The van der Waals surface area contributed by atoms with Crippen LogP contribution < -0.4 is 4.90 Å². The summed E-state index contributed by atoms with van der Waals surface area (Å²) >= 11 is 3.74. The van der Waals surface area contributed by atoms with E-state index < -0.39 is 0 Å². The average molecular weight is 610 g/mol. The van der Waals surface area contributed by atoms with Crippen molar-refractivity contribution in [2.75, 3.05) is 4.90 Å². The van der Waals surface area contributed by atoms with Gasteiger partial charge in [0, 0.05) is 57.4 Å². The molecule has 3 heteroatoms. The Kier molecular flexibility index (Phi) is 6.26. The van der Waals surface area contributed by atoms with Crippen molar-refractivity contribution in [1.29, 1.82) is 0 Å². The molecule has 0 N–H and O–H groups in total. The van der Waals surface area contributed by atoms with Crippen LogP contribution in [0.1, 0.15) is 0 Å². The van der Waals surface area contributed by atoms with E-state index in [0.717, 1.165) is 17.1 Å². The van der Waals surface area contributed by atoms with Gasteiger partial charge in [0.15, 0.2) is 0 Å². The van der Waals surface area contributed by atoms with E-state index in [1.165, 1.54) is 62.6 Å². The van der Waals surface area contributed by atoms with Gasteiger partial charge in [0.25, 0.3) is 0 Å². The number of rotatable bonds is 5. The largest absolute Gasteiger partial charge is 0.310 e. The molecule has 0 aliphatic heterocycles. The Morgan fingerprint density at radius 3 is 1.62 bits per heavy atom. The lowest BCUT2D eigenvalue weighted by atomic mass is 9.99. The molecule has 0 radical (unpaired) electrons. The molecule has 0 saturated carbocycles. The fourth-order valence-corrected chi connectivity index (χ4v) is 8.82. The fourth-order valence-electron chi connectivity index (χ4n) is 6.50. The quantitative estimate of drug-likeness (QED) is 0.188. The lowest BCUT2D eigenvalue weighted by molar-refractivity contribution is 1.29. The van der Waals surface area contributed by atoms with Crippen molar-refractivity contribution in [3.05, 3.63) is 164 Å². The molecule has 9 rings (SSSR count). The van der Waals surface area contributed by atoms with Gasteiger partial charge in [-0.05, 0) is 76.9 Å². The summed E-state index contributed by atoms with van der Waals surface area (Å²) in [5.74, 6) is 0. The Labute approximate surface area is 269 Å². The zero-order valence-corrected chi connectivity index (χ0v) is 26.0. The average Bonchev–Trinajstić information content (AvgIpc) is 3.68. The van der Waals surface area contributed by atoms with Crippen LogP contribution in [-0.2, 0) is 0 Å². The molecule has 212 valence electrons. The van der Waals surface area contributed by atoms with Crippen LogP contribution in [0.15, 0.2) is 164 Å². The molecule has 2 aromatic heterocycles. The number of hydrogen-bond acceptors (Lipinski definition) is 3. The summed E-state index contributed by atoms with van der Waals surface area (Å²) in [6.45, 7) is 0. The van der Waals surface area contributed by atoms with Gasteiger partial charge in [-0.25, -0.2) is 0 Å². The zero-order chi connectivity index (χ0) is 29.7. The van der Waals surface area contributed by atoms with Gasteiger partial charge in [0.05, 0.1) is 0 Å². The summed E-state index contributed by atoms with van der Waals surface area (Å²) in [5.41, 5.74) is 8.40. The highest BCUT2D eigenvalue weighted by molar-refractivity contribution is 7.26. The summed E-state index contributed by atoms with van der Waals surface area (Å²) in [4.78, 5) is 2.35. The first-order valence-corrected chi connectivity index (χ1v) is 16.8. The van der Waals surface area contributed by atoms with Crippen LogP contribution in [0.25, 0.3) is 62.6 Å². The molecule has 0 aliphatic carbocycles. The fraction of sp³-hybridized carbons (Fsp3) is 0. The van der Waals surface area contributed by atoms with Gasteiger partial charge in [0.2, 0.25) is 0 Å². The molecule has 0 aliphatic rings. The van der Waals surface area contributed by atoms with E-state index in [9.17, 15) is 0 Å². The van der Waals surface area contributed by atoms with Gasteiger partial charge >= 0.3 is 0 Å². The van der Waals surface area contributed by atoms with Gasteiger partial charge in [-0.3, -0.25) is 0 Å². The van der Waals surface area contributed by atoms with Crippen LogP contribution in [0.5, 0.6) is 0 Å². The molecule has 0 spiro atoms. The third kappa shape index (κ3) is 4.52. The van der Waals surface area contributed by atoms with Gasteiger partial charge in [-0.1, -0.05) is 109 Å². The van der Waals surface area contributed by atoms with E-state index in [0.29, 0.717) is 0 Å². The number of fused-ring (bicyclic) bond motifs is 6. The Morgan fingerprint density at radius 1 is 0.333 bits per heavy atom. The van der Waals surface area contributed by atoms with E-state index in [2.05, 4.69) is 169 Å². The van der Waals surface area contributed by atoms with Crippen LogP contribution in [0.4, 0.5) is 17.1 Å². The second-order valence-electron chi connectivity index (χ2n) is 11.4. The third-order valence-corrected chi connectivity index (χ3v) is 11.1. The van der Waals surface area contributed by atoms with E-state index in [1.807, 2.05) is 22.7 Å². The van der Waals surface area contributed by atoms with Crippen LogP contribution in [-0.4, -0.2) is 0 Å². The number of nitrogens with zero attached hydrogens (tertiary/aromatic N) is 1. The normalized spacial score (nSPS) is 11.6. The molecule has 7 aromatic carbocycles. The number of benzene rings is 7. The number of para-hydroxylation sites is 1. The smallest absolute Gasteiger partial charge is 0.0468 e. The minimum atomic E-state index is 1.14. The number of thiophene rings is 2. The molecule has 0 bridgehead atoms. The highest BCUT2D eigenvalue weighted by atomic mass is 32.1. The Morgan fingerprint density at radius 2 is 0.867 bits per heavy atom. The van der Waals surface area contributed by atoms with Crippen molar-refractivity contribution >= 4 is 80.1 Å². The minimum absolute atomic E-state index is 1.14. The highest BCUT2D eigenvalue weighted by Gasteiger charge is 2.15. The molecule has 0 fully saturated rings. The molecule has 0 atom stereocenters. The predicted molar refractivity (Wildman–Crippen MR) is 198 cm³/mol. The molecule has 45 heavy (non-hydrogen) atoms. The minimum Gasteiger partial charge on any atom is -0.310 e. The first kappa shape index (κ1) is 26.2. The van der Waals surface area contributed by atoms with Crippen molar-refractivity contribution in [2.45, 2.75) is 0 Å². The van der Waals surface area contributed by atoms with Crippen molar-refractivity contribution < 1.29 is 0 Å².